The number of nitrogens with zero attached hydrogens (tertiary/aromatic N) is 1. The van der Waals surface area contributed by atoms with Crippen LogP contribution in [-0.4, -0.2) is 63.7 Å². The molecule has 0 saturated carbocycles. The fraction of sp³-hybridized carbons (Fsp3) is 0.750. The van der Waals surface area contributed by atoms with Crippen LogP contribution in [0.3, 0.4) is 0 Å². The molecule has 1 fully saturated rings. The van der Waals surface area contributed by atoms with Gasteiger partial charge in [-0.1, -0.05) is 0 Å². The standard InChI is InChI=1S/C12H21N3O5/c1-6(12(19)20)14-10(17)8-4-3-5-15(8)11(18)9(13)7(2)16/h6-9,16H,3-5,13H2,1-2H3,(H,14,17)(H,19,20)/t6-,7+,8-,9-/m0/s1. The summed E-state index contributed by atoms with van der Waals surface area (Å²) in [5, 5.41) is 20.4. The molecule has 8 heteroatoms. The number of carbonyl (C=O) groups is 3. The first kappa shape index (κ1) is 16.4. The Balaban J connectivity index is 2.72. The highest BCUT2D eigenvalue weighted by atomic mass is 16.4. The second kappa shape index (κ2) is 6.67. The average molecular weight is 287 g/mol. The Labute approximate surface area is 116 Å². The van der Waals surface area contributed by atoms with Gasteiger partial charge in [0.15, 0.2) is 0 Å². The van der Waals surface area contributed by atoms with Crippen LogP contribution in [0.1, 0.15) is 26.7 Å². The van der Waals surface area contributed by atoms with Gasteiger partial charge < -0.3 is 26.2 Å². The molecular formula is C12H21N3O5. The van der Waals surface area contributed by atoms with Gasteiger partial charge in [0, 0.05) is 6.54 Å². The number of aliphatic hydroxyl groups is 1. The van der Waals surface area contributed by atoms with Crippen LogP contribution in [0.5, 0.6) is 0 Å². The zero-order chi connectivity index (χ0) is 15.4. The van der Waals surface area contributed by atoms with Gasteiger partial charge in [0.25, 0.3) is 0 Å². The number of carbonyl (C=O) groups excluding carboxylic acids is 2. The Kier molecular flexibility index (Phi) is 5.46. The van der Waals surface area contributed by atoms with Gasteiger partial charge in [0.2, 0.25) is 11.8 Å². The van der Waals surface area contributed by atoms with Gasteiger partial charge in [-0.25, -0.2) is 0 Å². The number of carboxylic acids is 1. The van der Waals surface area contributed by atoms with Crippen LogP contribution in [0.25, 0.3) is 0 Å². The minimum absolute atomic E-state index is 0.374. The molecular weight excluding hydrogens is 266 g/mol. The number of nitrogens with two attached hydrogens (primary N) is 1. The molecule has 1 aliphatic heterocycles. The number of likely N-dealkylation sites (tertiary alicyclic amines) is 1. The van der Waals surface area contributed by atoms with Crippen LogP contribution in [0.2, 0.25) is 0 Å². The van der Waals surface area contributed by atoms with Crippen molar-refractivity contribution in [3.05, 3.63) is 0 Å². The van der Waals surface area contributed by atoms with Gasteiger partial charge in [-0.15, -0.1) is 0 Å². The van der Waals surface area contributed by atoms with Crippen molar-refractivity contribution < 1.29 is 24.6 Å². The van der Waals surface area contributed by atoms with E-state index in [0.717, 1.165) is 0 Å². The summed E-state index contributed by atoms with van der Waals surface area (Å²) < 4.78 is 0. The van der Waals surface area contributed by atoms with Gasteiger partial charge in [-0.05, 0) is 26.7 Å². The molecule has 1 aliphatic rings. The molecule has 0 aromatic rings. The lowest BCUT2D eigenvalue weighted by molar-refractivity contribution is -0.144. The topological polar surface area (TPSA) is 133 Å². The summed E-state index contributed by atoms with van der Waals surface area (Å²) in [7, 11) is 0. The van der Waals surface area contributed by atoms with Crippen LogP contribution >= 0.6 is 0 Å². The van der Waals surface area contributed by atoms with Crippen LogP contribution in [0.4, 0.5) is 0 Å². The molecule has 1 rings (SSSR count). The Morgan fingerprint density at radius 1 is 1.35 bits per heavy atom. The molecule has 1 heterocycles. The summed E-state index contributed by atoms with van der Waals surface area (Å²) in [5.74, 6) is -2.15. The smallest absolute Gasteiger partial charge is 0.325 e. The van der Waals surface area contributed by atoms with E-state index >= 15 is 0 Å². The number of nitrogens with one attached hydrogen (secondary N) is 1. The first-order chi connectivity index (χ1) is 9.25. The third-order valence-corrected chi connectivity index (χ3v) is 3.37. The molecule has 20 heavy (non-hydrogen) atoms. The van der Waals surface area contributed by atoms with Crippen LogP contribution in [0.15, 0.2) is 0 Å². The monoisotopic (exact) mass is 287 g/mol. The molecule has 0 radical (unpaired) electrons. The molecule has 0 aromatic heterocycles. The number of aliphatic hydroxyl groups excluding tert-OH is 1. The molecule has 0 bridgehead atoms. The molecule has 5 N–H and O–H groups in total. The second-order valence-corrected chi connectivity index (χ2v) is 5.02. The number of amides is 2. The fourth-order valence-corrected chi connectivity index (χ4v) is 2.07. The van der Waals surface area contributed by atoms with Crippen molar-refractivity contribution in [2.45, 2.75) is 50.9 Å². The van der Waals surface area contributed by atoms with E-state index in [4.69, 9.17) is 10.8 Å². The van der Waals surface area contributed by atoms with Gasteiger partial charge in [-0.3, -0.25) is 14.4 Å². The summed E-state index contributed by atoms with van der Waals surface area (Å²) >= 11 is 0. The molecule has 114 valence electrons. The van der Waals surface area contributed by atoms with Gasteiger partial charge in [0.05, 0.1) is 6.10 Å². The van der Waals surface area contributed by atoms with E-state index in [1.54, 1.807) is 0 Å². The number of aliphatic carboxylic acids is 1. The first-order valence-corrected chi connectivity index (χ1v) is 6.53. The second-order valence-electron chi connectivity index (χ2n) is 5.02. The van der Waals surface area contributed by atoms with E-state index in [9.17, 15) is 19.5 Å². The molecule has 4 atom stereocenters. The van der Waals surface area contributed by atoms with E-state index in [2.05, 4.69) is 5.32 Å². The zero-order valence-electron chi connectivity index (χ0n) is 11.6. The lowest BCUT2D eigenvalue weighted by Crippen LogP contribution is -2.55. The van der Waals surface area contributed by atoms with Crippen molar-refractivity contribution in [2.24, 2.45) is 5.73 Å². The Hall–Kier alpha value is -1.67. The maximum Gasteiger partial charge on any atom is 0.325 e. The molecule has 8 nitrogen and oxygen atoms in total. The normalized spacial score (nSPS) is 23.0. The van der Waals surface area contributed by atoms with Crippen LogP contribution in [0, 0.1) is 0 Å². The molecule has 1 saturated heterocycles. The van der Waals surface area contributed by atoms with E-state index in [1.807, 2.05) is 0 Å². The van der Waals surface area contributed by atoms with Gasteiger partial charge in [-0.2, -0.15) is 0 Å². The lowest BCUT2D eigenvalue weighted by atomic mass is 10.1. The van der Waals surface area contributed by atoms with Crippen molar-refractivity contribution >= 4 is 17.8 Å². The van der Waals surface area contributed by atoms with Crippen LogP contribution < -0.4 is 11.1 Å². The third-order valence-electron chi connectivity index (χ3n) is 3.37. The maximum atomic E-state index is 12.1. The van der Waals surface area contributed by atoms with Crippen molar-refractivity contribution in [3.8, 4) is 0 Å². The molecule has 0 aliphatic carbocycles. The predicted octanol–water partition coefficient (Wildman–Crippen LogP) is -1.73. The maximum absolute atomic E-state index is 12.1. The summed E-state index contributed by atoms with van der Waals surface area (Å²) in [5.41, 5.74) is 5.58. The Morgan fingerprint density at radius 2 is 1.95 bits per heavy atom. The van der Waals surface area contributed by atoms with E-state index in [0.29, 0.717) is 19.4 Å². The fourth-order valence-electron chi connectivity index (χ4n) is 2.07. The Bertz CT molecular complexity index is 399. The van der Waals surface area contributed by atoms with Gasteiger partial charge in [0.1, 0.15) is 18.1 Å². The van der Waals surface area contributed by atoms with Crippen molar-refractivity contribution in [1.29, 1.82) is 0 Å². The lowest BCUT2D eigenvalue weighted by Gasteiger charge is -2.28. The largest absolute Gasteiger partial charge is 0.480 e. The van der Waals surface area contributed by atoms with E-state index < -0.39 is 42.0 Å². The third kappa shape index (κ3) is 3.67. The molecule has 0 aromatic carbocycles. The highest BCUT2D eigenvalue weighted by Crippen LogP contribution is 2.19. The van der Waals surface area contributed by atoms with E-state index in [-0.39, 0.29) is 0 Å². The first-order valence-electron chi connectivity index (χ1n) is 6.53. The molecule has 0 unspecified atom stereocenters. The quantitative estimate of drug-likeness (QED) is 0.475. The zero-order valence-corrected chi connectivity index (χ0v) is 11.6. The number of hydrogen-bond acceptors (Lipinski definition) is 5. The summed E-state index contributed by atoms with van der Waals surface area (Å²) in [6, 6.07) is -2.83. The minimum Gasteiger partial charge on any atom is -0.480 e. The highest BCUT2D eigenvalue weighted by Gasteiger charge is 2.37. The average Bonchev–Trinajstić information content (AvgIpc) is 2.85. The number of rotatable bonds is 5. The minimum atomic E-state index is -1.14. The van der Waals surface area contributed by atoms with E-state index in [1.165, 1.54) is 18.7 Å². The van der Waals surface area contributed by atoms with Gasteiger partial charge >= 0.3 is 5.97 Å². The van der Waals surface area contributed by atoms with Crippen molar-refractivity contribution in [3.63, 3.8) is 0 Å². The summed E-state index contributed by atoms with van der Waals surface area (Å²) in [4.78, 5) is 36.1. The Morgan fingerprint density at radius 3 is 2.45 bits per heavy atom. The summed E-state index contributed by atoms with van der Waals surface area (Å²) in [6.45, 7) is 3.13. The number of hydrogen-bond donors (Lipinski definition) is 4. The molecule has 2 amide bonds. The predicted molar refractivity (Wildman–Crippen MR) is 69.6 cm³/mol. The number of carboxylic acid groups (broad SMARTS) is 1. The van der Waals surface area contributed by atoms with Crippen molar-refractivity contribution in [1.82, 2.24) is 10.2 Å². The SMILES string of the molecule is C[C@H](NC(=O)[C@@H]1CCCN1C(=O)[C@@H](N)[C@@H](C)O)C(=O)O. The van der Waals surface area contributed by atoms with Crippen LogP contribution in [-0.2, 0) is 14.4 Å². The highest BCUT2D eigenvalue weighted by molar-refractivity contribution is 5.92. The van der Waals surface area contributed by atoms with Crippen molar-refractivity contribution in [2.75, 3.05) is 6.54 Å². The summed E-state index contributed by atoms with van der Waals surface area (Å²) in [6.07, 6.45) is 0.0820. The molecule has 0 spiro atoms.